The Morgan fingerprint density at radius 3 is 2.67 bits per heavy atom. The van der Waals surface area contributed by atoms with Crippen molar-refractivity contribution in [3.05, 3.63) is 23.8 Å². The number of anilines is 1. The minimum absolute atomic E-state index is 0.0323. The monoisotopic (exact) mass is 312 g/mol. The second-order valence-electron chi connectivity index (χ2n) is 5.57. The minimum Gasteiger partial charge on any atom is -0.496 e. The fourth-order valence-corrected chi connectivity index (χ4v) is 4.65. The third-order valence-corrected chi connectivity index (χ3v) is 6.02. The summed E-state index contributed by atoms with van der Waals surface area (Å²) >= 11 is 0. The van der Waals surface area contributed by atoms with Crippen LogP contribution in [-0.2, 0) is 9.84 Å². The summed E-state index contributed by atoms with van der Waals surface area (Å²) < 4.78 is 28.9. The second-order valence-corrected chi connectivity index (χ2v) is 7.80. The number of hydrogen-bond donors (Lipinski definition) is 1. The van der Waals surface area contributed by atoms with Gasteiger partial charge in [0.25, 0.3) is 0 Å². The van der Waals surface area contributed by atoms with Gasteiger partial charge in [-0.1, -0.05) is 6.07 Å². The summed E-state index contributed by atoms with van der Waals surface area (Å²) in [6.07, 6.45) is 0.684. The molecule has 2 rings (SSSR count). The van der Waals surface area contributed by atoms with Gasteiger partial charge in [0.1, 0.15) is 5.75 Å². The maximum Gasteiger partial charge on any atom is 0.152 e. The van der Waals surface area contributed by atoms with Gasteiger partial charge in [-0.25, -0.2) is 8.42 Å². The fourth-order valence-electron chi connectivity index (χ4n) is 2.88. The quantitative estimate of drug-likeness (QED) is 0.895. The third kappa shape index (κ3) is 3.32. The van der Waals surface area contributed by atoms with Crippen LogP contribution in [0.2, 0.25) is 0 Å². The number of methoxy groups -OCH3 is 1. The maximum absolute atomic E-state index is 11.7. The number of nitrogens with one attached hydrogen (secondary N) is 1. The third-order valence-electron chi connectivity index (χ3n) is 4.27. The topological polar surface area (TPSA) is 58.6 Å². The highest BCUT2D eigenvalue weighted by Gasteiger charge is 2.32. The molecule has 0 radical (unpaired) electrons. The van der Waals surface area contributed by atoms with Gasteiger partial charge in [0.2, 0.25) is 0 Å². The first-order valence-corrected chi connectivity index (χ1v) is 8.99. The average Bonchev–Trinajstić information content (AvgIpc) is 2.84. The van der Waals surface area contributed by atoms with E-state index < -0.39 is 9.84 Å². The van der Waals surface area contributed by atoms with E-state index in [1.54, 1.807) is 7.11 Å². The summed E-state index contributed by atoms with van der Waals surface area (Å²) in [5.41, 5.74) is 2.09. The summed E-state index contributed by atoms with van der Waals surface area (Å²) in [6, 6.07) is 6.06. The van der Waals surface area contributed by atoms with Gasteiger partial charge < -0.3 is 15.0 Å². The van der Waals surface area contributed by atoms with Crippen LogP contribution >= 0.6 is 0 Å². The first-order chi connectivity index (χ1) is 9.89. The number of ether oxygens (including phenoxy) is 1. The van der Waals surface area contributed by atoms with Crippen molar-refractivity contribution in [3.63, 3.8) is 0 Å². The predicted molar refractivity (Wildman–Crippen MR) is 85.9 cm³/mol. The molecule has 2 atom stereocenters. The first-order valence-electron chi connectivity index (χ1n) is 7.17. The lowest BCUT2D eigenvalue weighted by Gasteiger charge is -2.30. The SMILES string of the molecule is CNC(C)c1c(OC)cccc1N(C)C1CCS(=O)(=O)C1. The van der Waals surface area contributed by atoms with E-state index in [0.717, 1.165) is 17.0 Å². The molecule has 21 heavy (non-hydrogen) atoms. The van der Waals surface area contributed by atoms with Gasteiger partial charge in [-0.05, 0) is 32.5 Å². The molecular formula is C15H24N2O3S. The highest BCUT2D eigenvalue weighted by atomic mass is 32.2. The Balaban J connectivity index is 2.39. The van der Waals surface area contributed by atoms with Crippen molar-refractivity contribution in [2.45, 2.75) is 25.4 Å². The van der Waals surface area contributed by atoms with Gasteiger partial charge in [0.15, 0.2) is 9.84 Å². The fraction of sp³-hybridized carbons (Fsp3) is 0.600. The van der Waals surface area contributed by atoms with Crippen LogP contribution in [0, 0.1) is 0 Å². The van der Waals surface area contributed by atoms with Crippen LogP contribution in [0.5, 0.6) is 5.75 Å². The van der Waals surface area contributed by atoms with Crippen LogP contribution in [-0.4, -0.2) is 47.2 Å². The van der Waals surface area contributed by atoms with Crippen molar-refractivity contribution in [1.82, 2.24) is 5.32 Å². The van der Waals surface area contributed by atoms with Crippen LogP contribution in [0.25, 0.3) is 0 Å². The summed E-state index contributed by atoms with van der Waals surface area (Å²) in [6.45, 7) is 2.07. The van der Waals surface area contributed by atoms with E-state index in [9.17, 15) is 8.42 Å². The summed E-state index contributed by atoms with van der Waals surface area (Å²) in [7, 11) is 2.63. The van der Waals surface area contributed by atoms with E-state index in [4.69, 9.17) is 4.74 Å². The Bertz CT molecular complexity index is 601. The molecular weight excluding hydrogens is 288 g/mol. The normalized spacial score (nSPS) is 22.0. The molecule has 0 aliphatic carbocycles. The number of hydrogen-bond acceptors (Lipinski definition) is 5. The zero-order chi connectivity index (χ0) is 15.6. The van der Waals surface area contributed by atoms with Gasteiger partial charge in [0, 0.05) is 30.4 Å². The van der Waals surface area contributed by atoms with Crippen molar-refractivity contribution in [3.8, 4) is 5.75 Å². The Morgan fingerprint density at radius 1 is 1.43 bits per heavy atom. The number of sulfone groups is 1. The molecule has 1 N–H and O–H groups in total. The number of rotatable bonds is 5. The van der Waals surface area contributed by atoms with Crippen LogP contribution < -0.4 is 15.0 Å². The smallest absolute Gasteiger partial charge is 0.152 e. The van der Waals surface area contributed by atoms with Gasteiger partial charge >= 0.3 is 0 Å². The molecule has 5 nitrogen and oxygen atoms in total. The van der Waals surface area contributed by atoms with E-state index in [0.29, 0.717) is 6.42 Å². The maximum atomic E-state index is 11.7. The van der Waals surface area contributed by atoms with Gasteiger partial charge in [0.05, 0.1) is 18.6 Å². The van der Waals surface area contributed by atoms with E-state index in [1.807, 2.05) is 32.3 Å². The zero-order valence-corrected chi connectivity index (χ0v) is 13.9. The summed E-state index contributed by atoms with van der Waals surface area (Å²) in [5.74, 6) is 1.33. The molecule has 6 heteroatoms. The molecule has 0 saturated carbocycles. The molecule has 1 heterocycles. The summed E-state index contributed by atoms with van der Waals surface area (Å²) in [4.78, 5) is 2.08. The Labute approximate surface area is 127 Å². The molecule has 1 aliphatic rings. The highest BCUT2D eigenvalue weighted by molar-refractivity contribution is 7.91. The lowest BCUT2D eigenvalue weighted by Crippen LogP contribution is -2.34. The molecule has 1 aromatic carbocycles. The Morgan fingerprint density at radius 2 is 2.14 bits per heavy atom. The van der Waals surface area contributed by atoms with Crippen molar-refractivity contribution in [1.29, 1.82) is 0 Å². The van der Waals surface area contributed by atoms with E-state index in [-0.39, 0.29) is 23.6 Å². The minimum atomic E-state index is -2.89. The van der Waals surface area contributed by atoms with Crippen LogP contribution in [0.15, 0.2) is 18.2 Å². The van der Waals surface area contributed by atoms with Crippen LogP contribution in [0.4, 0.5) is 5.69 Å². The molecule has 118 valence electrons. The van der Waals surface area contributed by atoms with Crippen molar-refractivity contribution in [2.75, 3.05) is 37.6 Å². The molecule has 0 amide bonds. The Kier molecular flexibility index (Phi) is 4.78. The molecule has 1 saturated heterocycles. The van der Waals surface area contributed by atoms with Crippen molar-refractivity contribution < 1.29 is 13.2 Å². The first kappa shape index (κ1) is 16.1. The average molecular weight is 312 g/mol. The molecule has 1 aliphatic heterocycles. The molecule has 1 aromatic rings. The van der Waals surface area contributed by atoms with Gasteiger partial charge in [-0.3, -0.25) is 0 Å². The molecule has 2 unspecified atom stereocenters. The zero-order valence-electron chi connectivity index (χ0n) is 13.1. The van der Waals surface area contributed by atoms with Crippen molar-refractivity contribution >= 4 is 15.5 Å². The largest absolute Gasteiger partial charge is 0.496 e. The second kappa shape index (κ2) is 6.23. The lowest BCUT2D eigenvalue weighted by molar-refractivity contribution is 0.403. The predicted octanol–water partition coefficient (Wildman–Crippen LogP) is 1.60. The standard InChI is InChI=1S/C15H24N2O3S/c1-11(16-2)15-13(6-5-7-14(15)20-4)17(3)12-8-9-21(18,19)10-12/h5-7,11-12,16H,8-10H2,1-4H3. The molecule has 1 fully saturated rings. The summed E-state index contributed by atoms with van der Waals surface area (Å²) in [5, 5.41) is 3.23. The van der Waals surface area contributed by atoms with E-state index >= 15 is 0 Å². The molecule has 0 bridgehead atoms. The number of benzene rings is 1. The van der Waals surface area contributed by atoms with E-state index in [1.165, 1.54) is 0 Å². The van der Waals surface area contributed by atoms with Crippen molar-refractivity contribution in [2.24, 2.45) is 0 Å². The van der Waals surface area contributed by atoms with Crippen LogP contribution in [0.1, 0.15) is 24.9 Å². The number of nitrogens with zero attached hydrogens (tertiary/aromatic N) is 1. The Hall–Kier alpha value is -1.27. The molecule has 0 aromatic heterocycles. The molecule has 0 spiro atoms. The van der Waals surface area contributed by atoms with Crippen LogP contribution in [0.3, 0.4) is 0 Å². The van der Waals surface area contributed by atoms with Gasteiger partial charge in [-0.2, -0.15) is 0 Å². The lowest BCUT2D eigenvalue weighted by atomic mass is 10.0. The van der Waals surface area contributed by atoms with E-state index in [2.05, 4.69) is 17.1 Å². The highest BCUT2D eigenvalue weighted by Crippen LogP contribution is 2.36. The van der Waals surface area contributed by atoms with Gasteiger partial charge in [-0.15, -0.1) is 0 Å².